The van der Waals surface area contributed by atoms with E-state index in [9.17, 15) is 4.79 Å². The zero-order valence-corrected chi connectivity index (χ0v) is 14.1. The first-order valence-electron chi connectivity index (χ1n) is 8.09. The molecule has 2 rings (SSSR count). The number of hydrogen-bond acceptors (Lipinski definition) is 4. The first kappa shape index (κ1) is 17.3. The Morgan fingerprint density at radius 3 is 2.52 bits per heavy atom. The third kappa shape index (κ3) is 4.69. The molecule has 0 saturated carbocycles. The molecule has 1 aliphatic heterocycles. The average Bonchev–Trinajstić information content (AvgIpc) is 2.60. The molecule has 1 amide bonds. The number of carbonyl (C=O) groups excluding carboxylic acids is 1. The summed E-state index contributed by atoms with van der Waals surface area (Å²) in [5.74, 6) is 0.896. The summed E-state index contributed by atoms with van der Waals surface area (Å²) in [6.07, 6.45) is 3.10. The molecule has 1 aliphatic rings. The van der Waals surface area contributed by atoms with Crippen LogP contribution in [0.15, 0.2) is 23.3 Å². The highest BCUT2D eigenvalue weighted by atomic mass is 16.5. The van der Waals surface area contributed by atoms with Gasteiger partial charge in [-0.25, -0.2) is 5.43 Å². The lowest BCUT2D eigenvalue weighted by molar-refractivity contribution is -0.901. The normalized spacial score (nSPS) is 17.5. The standard InChI is InChI=1S/C17H25N3O3/c1-4-9-20-10-7-14(8-11-20)18-19-17(21)13-5-6-15(22-2)16(12-13)23-3/h5-6,12H,4,7-11H2,1-3H3,(H,19,21)/p+1. The molecule has 6 nitrogen and oxygen atoms in total. The summed E-state index contributed by atoms with van der Waals surface area (Å²) in [5.41, 5.74) is 4.22. The Morgan fingerprint density at radius 2 is 1.91 bits per heavy atom. The van der Waals surface area contributed by atoms with Crippen LogP contribution in [0.1, 0.15) is 36.5 Å². The summed E-state index contributed by atoms with van der Waals surface area (Å²) in [6, 6.07) is 5.07. The summed E-state index contributed by atoms with van der Waals surface area (Å²) in [6.45, 7) is 5.61. The average molecular weight is 320 g/mol. The zero-order valence-electron chi connectivity index (χ0n) is 14.1. The van der Waals surface area contributed by atoms with Gasteiger partial charge in [0.1, 0.15) is 0 Å². The van der Waals surface area contributed by atoms with E-state index in [0.29, 0.717) is 17.1 Å². The first-order valence-corrected chi connectivity index (χ1v) is 8.09. The molecule has 0 spiro atoms. The zero-order chi connectivity index (χ0) is 16.7. The highest BCUT2D eigenvalue weighted by molar-refractivity contribution is 5.96. The van der Waals surface area contributed by atoms with E-state index >= 15 is 0 Å². The van der Waals surface area contributed by atoms with Crippen LogP contribution in [-0.4, -0.2) is 45.5 Å². The van der Waals surface area contributed by atoms with Crippen molar-refractivity contribution in [3.63, 3.8) is 0 Å². The van der Waals surface area contributed by atoms with Crippen LogP contribution in [0.3, 0.4) is 0 Å². The maximum atomic E-state index is 12.2. The van der Waals surface area contributed by atoms with Crippen LogP contribution in [0.5, 0.6) is 11.5 Å². The van der Waals surface area contributed by atoms with E-state index in [1.165, 1.54) is 13.0 Å². The van der Waals surface area contributed by atoms with Gasteiger partial charge in [0.15, 0.2) is 11.5 Å². The van der Waals surface area contributed by atoms with Crippen molar-refractivity contribution in [2.24, 2.45) is 5.10 Å². The molecule has 0 aromatic heterocycles. The molecule has 23 heavy (non-hydrogen) atoms. The molecule has 1 aromatic carbocycles. The number of nitrogens with one attached hydrogen (secondary N) is 2. The molecule has 1 aromatic rings. The van der Waals surface area contributed by atoms with Crippen molar-refractivity contribution in [1.82, 2.24) is 5.43 Å². The molecule has 1 fully saturated rings. The monoisotopic (exact) mass is 320 g/mol. The number of hydrogen-bond donors (Lipinski definition) is 2. The van der Waals surface area contributed by atoms with Gasteiger partial charge in [-0.1, -0.05) is 6.92 Å². The van der Waals surface area contributed by atoms with Crippen LogP contribution >= 0.6 is 0 Å². The molecule has 2 N–H and O–H groups in total. The lowest BCUT2D eigenvalue weighted by Crippen LogP contribution is -3.13. The molecular weight excluding hydrogens is 294 g/mol. The third-order valence-electron chi connectivity index (χ3n) is 4.10. The lowest BCUT2D eigenvalue weighted by Gasteiger charge is -2.24. The molecule has 0 aliphatic carbocycles. The molecule has 0 bridgehead atoms. The smallest absolute Gasteiger partial charge is 0.271 e. The predicted octanol–water partition coefficient (Wildman–Crippen LogP) is 0.878. The first-order chi connectivity index (χ1) is 11.2. The van der Waals surface area contributed by atoms with Crippen molar-refractivity contribution in [3.8, 4) is 11.5 Å². The van der Waals surface area contributed by atoms with Crippen LogP contribution < -0.4 is 19.8 Å². The second kappa shape index (κ2) is 8.53. The summed E-state index contributed by atoms with van der Waals surface area (Å²) in [5, 5.41) is 4.28. The van der Waals surface area contributed by atoms with E-state index in [1.54, 1.807) is 37.3 Å². The quantitative estimate of drug-likeness (QED) is 0.765. The minimum atomic E-state index is -0.234. The summed E-state index contributed by atoms with van der Waals surface area (Å²) >= 11 is 0. The van der Waals surface area contributed by atoms with Crippen LogP contribution in [0.4, 0.5) is 0 Å². The fourth-order valence-electron chi connectivity index (χ4n) is 2.78. The molecule has 0 radical (unpaired) electrons. The van der Waals surface area contributed by atoms with Crippen molar-refractivity contribution >= 4 is 11.6 Å². The fraction of sp³-hybridized carbons (Fsp3) is 0.529. The van der Waals surface area contributed by atoms with E-state index in [4.69, 9.17) is 9.47 Å². The Balaban J connectivity index is 1.93. The topological polar surface area (TPSA) is 64.4 Å². The number of carbonyl (C=O) groups is 1. The van der Waals surface area contributed by atoms with Gasteiger partial charge in [-0.3, -0.25) is 4.79 Å². The highest BCUT2D eigenvalue weighted by Crippen LogP contribution is 2.27. The van der Waals surface area contributed by atoms with Gasteiger partial charge in [-0.15, -0.1) is 0 Å². The van der Waals surface area contributed by atoms with Crippen LogP contribution in [-0.2, 0) is 0 Å². The SMILES string of the molecule is CCC[NH+]1CCC(=NNC(=O)c2ccc(OC)c(OC)c2)CC1. The second-order valence-corrected chi connectivity index (χ2v) is 5.69. The van der Waals surface area contributed by atoms with Crippen molar-refractivity contribution in [3.05, 3.63) is 23.8 Å². The molecule has 1 saturated heterocycles. The number of benzene rings is 1. The molecule has 1 heterocycles. The van der Waals surface area contributed by atoms with Crippen LogP contribution in [0.25, 0.3) is 0 Å². The number of rotatable bonds is 6. The van der Waals surface area contributed by atoms with Crippen LogP contribution in [0.2, 0.25) is 0 Å². The minimum Gasteiger partial charge on any atom is -0.493 e. The van der Waals surface area contributed by atoms with Gasteiger partial charge in [0.05, 0.1) is 33.9 Å². The van der Waals surface area contributed by atoms with E-state index in [1.807, 2.05) is 0 Å². The Labute approximate surface area is 137 Å². The van der Waals surface area contributed by atoms with Gasteiger partial charge in [-0.2, -0.15) is 5.10 Å². The molecule has 6 heteroatoms. The van der Waals surface area contributed by atoms with E-state index in [-0.39, 0.29) is 5.91 Å². The summed E-state index contributed by atoms with van der Waals surface area (Å²) < 4.78 is 10.4. The highest BCUT2D eigenvalue weighted by Gasteiger charge is 2.18. The molecule has 126 valence electrons. The lowest BCUT2D eigenvalue weighted by atomic mass is 10.1. The molecule has 0 atom stereocenters. The molecular formula is C17H26N3O3+. The van der Waals surface area contributed by atoms with Gasteiger partial charge in [-0.05, 0) is 24.6 Å². The second-order valence-electron chi connectivity index (χ2n) is 5.69. The largest absolute Gasteiger partial charge is 0.493 e. The Kier molecular flexibility index (Phi) is 6.40. The van der Waals surface area contributed by atoms with E-state index in [0.717, 1.165) is 31.6 Å². The van der Waals surface area contributed by atoms with Gasteiger partial charge in [0.25, 0.3) is 5.91 Å². The Hall–Kier alpha value is -2.08. The van der Waals surface area contributed by atoms with Crippen molar-refractivity contribution in [2.75, 3.05) is 33.9 Å². The Morgan fingerprint density at radius 1 is 1.22 bits per heavy atom. The number of ether oxygens (including phenoxy) is 2. The Bertz CT molecular complexity index is 562. The van der Waals surface area contributed by atoms with Crippen LogP contribution in [0, 0.1) is 0 Å². The minimum absolute atomic E-state index is 0.234. The summed E-state index contributed by atoms with van der Waals surface area (Å²) in [4.78, 5) is 13.8. The van der Waals surface area contributed by atoms with Gasteiger partial charge < -0.3 is 14.4 Å². The number of methoxy groups -OCH3 is 2. The van der Waals surface area contributed by atoms with E-state index < -0.39 is 0 Å². The number of piperidine rings is 1. The number of nitrogens with zero attached hydrogens (tertiary/aromatic N) is 1. The van der Waals surface area contributed by atoms with Crippen molar-refractivity contribution < 1.29 is 19.2 Å². The number of hydrazone groups is 1. The van der Waals surface area contributed by atoms with Crippen molar-refractivity contribution in [2.45, 2.75) is 26.2 Å². The number of quaternary nitrogens is 1. The van der Waals surface area contributed by atoms with Gasteiger partial charge in [0, 0.05) is 24.1 Å². The fourth-order valence-corrected chi connectivity index (χ4v) is 2.78. The predicted molar refractivity (Wildman–Crippen MR) is 89.5 cm³/mol. The third-order valence-corrected chi connectivity index (χ3v) is 4.10. The van der Waals surface area contributed by atoms with Gasteiger partial charge in [0.2, 0.25) is 0 Å². The number of likely N-dealkylation sites (tertiary alicyclic amines) is 1. The maximum Gasteiger partial charge on any atom is 0.271 e. The summed E-state index contributed by atoms with van der Waals surface area (Å²) in [7, 11) is 3.11. The number of amides is 1. The van der Waals surface area contributed by atoms with Crippen molar-refractivity contribution in [1.29, 1.82) is 0 Å². The van der Waals surface area contributed by atoms with Gasteiger partial charge >= 0.3 is 0 Å². The van der Waals surface area contributed by atoms with E-state index in [2.05, 4.69) is 17.5 Å². The maximum absolute atomic E-state index is 12.2. The molecule has 0 unspecified atom stereocenters.